The SMILES string of the molecule is C[C@@H]1OCC2(CCN(c3cnc4c(N5CCN(C6COC6)c6cc(C#N)ccc65)n[nH]c4n3)CC2)[C@@H]1N. The van der Waals surface area contributed by atoms with Gasteiger partial charge in [0, 0.05) is 37.6 Å². The molecule has 0 amide bonds. The molecule has 7 rings (SSSR count). The molecule has 11 heteroatoms. The molecular formula is C26H31N9O2. The van der Waals surface area contributed by atoms with Crippen molar-refractivity contribution in [2.75, 3.05) is 60.7 Å². The molecule has 0 unspecified atom stereocenters. The first-order chi connectivity index (χ1) is 18.1. The molecule has 4 aliphatic rings. The van der Waals surface area contributed by atoms with Gasteiger partial charge in [0.1, 0.15) is 5.82 Å². The number of ether oxygens (including phenoxy) is 2. The van der Waals surface area contributed by atoms with Crippen LogP contribution in [0.5, 0.6) is 0 Å². The molecule has 1 aromatic carbocycles. The van der Waals surface area contributed by atoms with Crippen molar-refractivity contribution in [3.8, 4) is 6.07 Å². The van der Waals surface area contributed by atoms with E-state index in [2.05, 4.69) is 37.9 Å². The van der Waals surface area contributed by atoms with Crippen molar-refractivity contribution in [3.05, 3.63) is 30.0 Å². The van der Waals surface area contributed by atoms with Gasteiger partial charge >= 0.3 is 0 Å². The van der Waals surface area contributed by atoms with E-state index in [1.165, 1.54) is 0 Å². The van der Waals surface area contributed by atoms with Crippen LogP contribution in [0.2, 0.25) is 0 Å². The van der Waals surface area contributed by atoms with Gasteiger partial charge in [-0.1, -0.05) is 0 Å². The van der Waals surface area contributed by atoms with Gasteiger partial charge in [0.05, 0.1) is 61.2 Å². The normalized spacial score (nSPS) is 25.4. The van der Waals surface area contributed by atoms with Gasteiger partial charge in [-0.3, -0.25) is 5.10 Å². The van der Waals surface area contributed by atoms with Crippen molar-refractivity contribution < 1.29 is 9.47 Å². The van der Waals surface area contributed by atoms with Crippen LogP contribution in [0.25, 0.3) is 11.2 Å². The fourth-order valence-corrected chi connectivity index (χ4v) is 6.28. The summed E-state index contributed by atoms with van der Waals surface area (Å²) in [6, 6.07) is 8.52. The van der Waals surface area contributed by atoms with Crippen LogP contribution in [0, 0.1) is 16.7 Å². The highest BCUT2D eigenvalue weighted by Gasteiger charge is 2.47. The average Bonchev–Trinajstić information content (AvgIpc) is 3.44. The van der Waals surface area contributed by atoms with Crippen molar-refractivity contribution >= 4 is 34.2 Å². The largest absolute Gasteiger partial charge is 0.377 e. The monoisotopic (exact) mass is 501 g/mol. The van der Waals surface area contributed by atoms with E-state index in [9.17, 15) is 5.26 Å². The minimum absolute atomic E-state index is 0.0706. The molecule has 0 aliphatic carbocycles. The Morgan fingerprint density at radius 1 is 1.16 bits per heavy atom. The number of rotatable bonds is 3. The number of hydrogen-bond acceptors (Lipinski definition) is 10. The molecule has 0 radical (unpaired) electrons. The first kappa shape index (κ1) is 22.7. The lowest BCUT2D eigenvalue weighted by Crippen LogP contribution is -2.53. The number of fused-ring (bicyclic) bond motifs is 2. The van der Waals surface area contributed by atoms with Crippen LogP contribution in [0.3, 0.4) is 0 Å². The lowest BCUT2D eigenvalue weighted by molar-refractivity contribution is 0.00808. The summed E-state index contributed by atoms with van der Waals surface area (Å²) >= 11 is 0. The van der Waals surface area contributed by atoms with Crippen molar-refractivity contribution in [3.63, 3.8) is 0 Å². The molecule has 11 nitrogen and oxygen atoms in total. The van der Waals surface area contributed by atoms with Crippen LogP contribution in [-0.4, -0.2) is 84.4 Å². The fraction of sp³-hybridized carbons (Fsp3) is 0.538. The van der Waals surface area contributed by atoms with Crippen LogP contribution in [-0.2, 0) is 9.47 Å². The second-order valence-electron chi connectivity index (χ2n) is 10.7. The minimum Gasteiger partial charge on any atom is -0.377 e. The fourth-order valence-electron chi connectivity index (χ4n) is 6.28. The zero-order valence-corrected chi connectivity index (χ0v) is 20.9. The first-order valence-corrected chi connectivity index (χ1v) is 13.1. The van der Waals surface area contributed by atoms with E-state index >= 15 is 0 Å². The molecule has 3 N–H and O–H groups in total. The number of aromatic nitrogens is 4. The van der Waals surface area contributed by atoms with E-state index in [4.69, 9.17) is 25.2 Å². The van der Waals surface area contributed by atoms with Crippen LogP contribution >= 0.6 is 0 Å². The van der Waals surface area contributed by atoms with E-state index in [1.54, 1.807) is 0 Å². The Morgan fingerprint density at radius 2 is 2.00 bits per heavy atom. The highest BCUT2D eigenvalue weighted by Crippen LogP contribution is 2.43. The number of piperidine rings is 1. The van der Waals surface area contributed by atoms with E-state index in [0.717, 1.165) is 74.2 Å². The summed E-state index contributed by atoms with van der Waals surface area (Å²) in [5.41, 5.74) is 10.7. The molecule has 0 saturated carbocycles. The zero-order chi connectivity index (χ0) is 25.1. The number of nitrogens with zero attached hydrogens (tertiary/aromatic N) is 7. The van der Waals surface area contributed by atoms with Gasteiger partial charge in [-0.2, -0.15) is 10.4 Å². The number of benzene rings is 1. The van der Waals surface area contributed by atoms with Crippen LogP contribution < -0.4 is 20.4 Å². The summed E-state index contributed by atoms with van der Waals surface area (Å²) in [7, 11) is 0. The molecule has 0 bridgehead atoms. The van der Waals surface area contributed by atoms with Crippen molar-refractivity contribution in [2.24, 2.45) is 11.1 Å². The number of hydrogen-bond donors (Lipinski definition) is 2. The highest BCUT2D eigenvalue weighted by atomic mass is 16.5. The van der Waals surface area contributed by atoms with Gasteiger partial charge in [-0.15, -0.1) is 0 Å². The Kier molecular flexibility index (Phi) is 5.25. The van der Waals surface area contributed by atoms with Crippen LogP contribution in [0.4, 0.5) is 23.0 Å². The van der Waals surface area contributed by atoms with Crippen LogP contribution in [0.1, 0.15) is 25.3 Å². The third-order valence-corrected chi connectivity index (χ3v) is 8.76. The lowest BCUT2D eigenvalue weighted by atomic mass is 9.73. The molecule has 3 fully saturated rings. The molecule has 1 spiro atoms. The molecule has 3 aromatic rings. The second-order valence-corrected chi connectivity index (χ2v) is 10.7. The molecule has 192 valence electrons. The molecule has 2 aromatic heterocycles. The summed E-state index contributed by atoms with van der Waals surface area (Å²) in [5.74, 6) is 1.61. The maximum atomic E-state index is 9.49. The van der Waals surface area contributed by atoms with E-state index in [-0.39, 0.29) is 17.6 Å². The van der Waals surface area contributed by atoms with E-state index < -0.39 is 0 Å². The van der Waals surface area contributed by atoms with Gasteiger partial charge in [-0.05, 0) is 38.0 Å². The Morgan fingerprint density at radius 3 is 2.70 bits per heavy atom. The van der Waals surface area contributed by atoms with Crippen molar-refractivity contribution in [1.82, 2.24) is 20.2 Å². The smallest absolute Gasteiger partial charge is 0.183 e. The number of nitrogens with two attached hydrogens (primary N) is 1. The van der Waals surface area contributed by atoms with Gasteiger partial charge < -0.3 is 29.9 Å². The quantitative estimate of drug-likeness (QED) is 0.548. The zero-order valence-electron chi connectivity index (χ0n) is 20.9. The number of anilines is 4. The minimum atomic E-state index is 0.0706. The van der Waals surface area contributed by atoms with Gasteiger partial charge in [0.15, 0.2) is 17.0 Å². The third kappa shape index (κ3) is 3.54. The van der Waals surface area contributed by atoms with E-state index in [0.29, 0.717) is 30.5 Å². The molecule has 37 heavy (non-hydrogen) atoms. The van der Waals surface area contributed by atoms with E-state index in [1.807, 2.05) is 24.4 Å². The summed E-state index contributed by atoms with van der Waals surface area (Å²) in [4.78, 5) is 16.5. The number of aromatic amines is 1. The molecule has 2 atom stereocenters. The molecule has 4 aliphatic heterocycles. The second kappa shape index (κ2) is 8.55. The summed E-state index contributed by atoms with van der Waals surface area (Å²) in [6.07, 6.45) is 3.95. The maximum absolute atomic E-state index is 9.49. The predicted octanol–water partition coefficient (Wildman–Crippen LogP) is 1.91. The van der Waals surface area contributed by atoms with Crippen molar-refractivity contribution in [2.45, 2.75) is 38.0 Å². The summed E-state index contributed by atoms with van der Waals surface area (Å²) in [6.45, 7) is 7.58. The third-order valence-electron chi connectivity index (χ3n) is 8.76. The Balaban J connectivity index is 1.16. The predicted molar refractivity (Wildman–Crippen MR) is 139 cm³/mol. The van der Waals surface area contributed by atoms with Gasteiger partial charge in [0.25, 0.3) is 0 Å². The standard InChI is InChI=1S/C26H31N9O2/c1-16-23(28)26(15-37-16)4-6-33(7-5-26)21-12-29-22-24(30-21)31-32-25(22)35-9-8-34(18-13-36-14-18)20-10-17(11-27)2-3-19(20)35/h2-3,10,12,16,18,23H,4-9,13-15,28H2,1H3,(H,30,31,32)/t16-,23+/m0/s1. The maximum Gasteiger partial charge on any atom is 0.183 e. The average molecular weight is 502 g/mol. The Hall–Kier alpha value is -3.46. The topological polar surface area (TPSA) is 132 Å². The lowest BCUT2D eigenvalue weighted by Gasteiger charge is -2.45. The van der Waals surface area contributed by atoms with Gasteiger partial charge in [-0.25, -0.2) is 9.97 Å². The molecule has 3 saturated heterocycles. The highest BCUT2D eigenvalue weighted by molar-refractivity contribution is 5.90. The summed E-state index contributed by atoms with van der Waals surface area (Å²) in [5, 5.41) is 17.2. The Labute approximate surface area is 215 Å². The first-order valence-electron chi connectivity index (χ1n) is 13.1. The molecule has 6 heterocycles. The Bertz CT molecular complexity index is 1370. The number of H-pyrrole nitrogens is 1. The summed E-state index contributed by atoms with van der Waals surface area (Å²) < 4.78 is 11.3. The number of nitriles is 1. The number of nitrogens with one attached hydrogen (secondary N) is 1. The van der Waals surface area contributed by atoms with Crippen LogP contribution in [0.15, 0.2) is 24.4 Å². The molecular weight excluding hydrogens is 470 g/mol. The van der Waals surface area contributed by atoms with Crippen molar-refractivity contribution in [1.29, 1.82) is 5.26 Å². The van der Waals surface area contributed by atoms with Gasteiger partial charge in [0.2, 0.25) is 0 Å².